The molecule has 0 amide bonds. The van der Waals surface area contributed by atoms with E-state index in [4.69, 9.17) is 9.39 Å². The third kappa shape index (κ3) is 3.75. The van der Waals surface area contributed by atoms with Crippen molar-refractivity contribution in [2.24, 2.45) is 0 Å². The van der Waals surface area contributed by atoms with E-state index in [-0.39, 0.29) is 17.9 Å². The summed E-state index contributed by atoms with van der Waals surface area (Å²) in [6.45, 7) is 0.104. The molecule has 0 bridgehead atoms. The quantitative estimate of drug-likeness (QED) is 0.504. The third-order valence-corrected chi connectivity index (χ3v) is 4.42. The molecule has 1 N–H and O–H groups in total. The molecule has 2 aromatic carbocycles. The minimum Gasteiger partial charge on any atom is -0.439 e. The number of rotatable bonds is 2. The summed E-state index contributed by atoms with van der Waals surface area (Å²) in [5.41, 5.74) is -1.67. The van der Waals surface area contributed by atoms with E-state index in [9.17, 15) is 31.4 Å². The second kappa shape index (κ2) is 6.63. The van der Waals surface area contributed by atoms with Crippen LogP contribution in [-0.2, 0) is 23.6 Å². The van der Waals surface area contributed by atoms with Crippen molar-refractivity contribution < 1.29 is 40.8 Å². The lowest BCUT2D eigenvalue weighted by Gasteiger charge is -2.15. The van der Waals surface area contributed by atoms with Gasteiger partial charge in [-0.2, -0.15) is 26.3 Å². The van der Waals surface area contributed by atoms with Crippen LogP contribution in [0, 0.1) is 0 Å². The zero-order valence-corrected chi connectivity index (χ0v) is 14.3. The minimum absolute atomic E-state index is 0.104. The van der Waals surface area contributed by atoms with E-state index < -0.39 is 41.9 Å². The van der Waals surface area contributed by atoms with Gasteiger partial charge in [0, 0.05) is 11.5 Å². The smallest absolute Gasteiger partial charge is 0.439 e. The van der Waals surface area contributed by atoms with Gasteiger partial charge in [-0.1, -0.05) is 6.07 Å². The molecule has 2 heterocycles. The van der Waals surface area contributed by atoms with Gasteiger partial charge in [-0.25, -0.2) is 4.98 Å². The molecule has 4 rings (SSSR count). The molecule has 0 saturated carbocycles. The van der Waals surface area contributed by atoms with Crippen molar-refractivity contribution in [3.8, 4) is 11.6 Å². The molecule has 3 aromatic rings. The summed E-state index contributed by atoms with van der Waals surface area (Å²) < 4.78 is 89.6. The van der Waals surface area contributed by atoms with Gasteiger partial charge in [0.25, 0.3) is 0 Å². The summed E-state index contributed by atoms with van der Waals surface area (Å²) in [5, 5.41) is 8.93. The summed E-state index contributed by atoms with van der Waals surface area (Å²) in [5.74, 6) is -0.280. The first-order valence-corrected chi connectivity index (χ1v) is 8.22. The van der Waals surface area contributed by atoms with Crippen molar-refractivity contribution in [3.05, 3.63) is 59.2 Å². The van der Waals surface area contributed by atoms with Gasteiger partial charge in [-0.15, -0.1) is 0 Å². The molecule has 1 aromatic heterocycles. The highest BCUT2D eigenvalue weighted by Crippen LogP contribution is 2.39. The van der Waals surface area contributed by atoms with Gasteiger partial charge in [0.15, 0.2) is 0 Å². The van der Waals surface area contributed by atoms with Crippen LogP contribution in [0.15, 0.2) is 42.5 Å². The molecular weight excluding hydrogens is 403 g/mol. The summed E-state index contributed by atoms with van der Waals surface area (Å²) in [4.78, 5) is 3.91. The standard InChI is InChI=1S/C18H10BF6NO3/c20-17(21,22)10-1-4-15-12(6-10)13(18(23,24)25)7-16(26-15)29-11-2-3-14-9(5-11)8-28-19(14)27/h1-7,27H,8H2. The molecule has 150 valence electrons. The van der Waals surface area contributed by atoms with E-state index in [0.717, 1.165) is 6.07 Å². The largest absolute Gasteiger partial charge is 0.491 e. The first-order chi connectivity index (χ1) is 13.5. The molecule has 4 nitrogen and oxygen atoms in total. The summed E-state index contributed by atoms with van der Waals surface area (Å²) in [6.07, 6.45) is -9.71. The number of ether oxygens (including phenoxy) is 1. The predicted octanol–water partition coefficient (Wildman–Crippen LogP) is 4.28. The van der Waals surface area contributed by atoms with Crippen LogP contribution in [0.2, 0.25) is 0 Å². The van der Waals surface area contributed by atoms with E-state index >= 15 is 0 Å². The van der Waals surface area contributed by atoms with Gasteiger partial charge in [-0.05, 0) is 41.4 Å². The maximum absolute atomic E-state index is 13.5. The number of halogens is 6. The molecular formula is C18H10BF6NO3. The monoisotopic (exact) mass is 413 g/mol. The zero-order chi connectivity index (χ0) is 21.0. The zero-order valence-electron chi connectivity index (χ0n) is 14.3. The fourth-order valence-electron chi connectivity index (χ4n) is 3.06. The van der Waals surface area contributed by atoms with E-state index in [1.807, 2.05) is 0 Å². The first-order valence-electron chi connectivity index (χ1n) is 8.22. The SMILES string of the molecule is OB1OCc2cc(Oc3cc(C(F)(F)F)c4cc(C(F)(F)F)ccc4n3)ccc21. The first kappa shape index (κ1) is 19.5. The van der Waals surface area contributed by atoms with Crippen molar-refractivity contribution in [1.29, 1.82) is 0 Å². The molecule has 1 aliphatic rings. The molecule has 0 atom stereocenters. The van der Waals surface area contributed by atoms with Crippen LogP contribution < -0.4 is 10.2 Å². The van der Waals surface area contributed by atoms with E-state index in [1.54, 1.807) is 0 Å². The lowest BCUT2D eigenvalue weighted by atomic mass is 9.80. The molecule has 11 heteroatoms. The number of nitrogens with zero attached hydrogens (tertiary/aromatic N) is 1. The predicted molar refractivity (Wildman–Crippen MR) is 90.7 cm³/mol. The Bertz CT molecular complexity index is 1100. The maximum atomic E-state index is 13.5. The molecule has 0 aliphatic carbocycles. The van der Waals surface area contributed by atoms with Gasteiger partial charge in [0.1, 0.15) is 5.75 Å². The summed E-state index contributed by atoms with van der Waals surface area (Å²) >= 11 is 0. The number of alkyl halides is 6. The Morgan fingerprint density at radius 3 is 2.41 bits per heavy atom. The molecule has 29 heavy (non-hydrogen) atoms. The third-order valence-electron chi connectivity index (χ3n) is 4.42. The highest BCUT2D eigenvalue weighted by atomic mass is 19.4. The van der Waals surface area contributed by atoms with Crippen LogP contribution in [0.5, 0.6) is 11.6 Å². The Balaban J connectivity index is 1.78. The number of aromatic nitrogens is 1. The minimum atomic E-state index is -4.92. The number of hydrogen-bond acceptors (Lipinski definition) is 4. The molecule has 1 aliphatic heterocycles. The van der Waals surface area contributed by atoms with Gasteiger partial charge < -0.3 is 14.4 Å². The highest BCUT2D eigenvalue weighted by molar-refractivity contribution is 6.61. The number of benzene rings is 2. The van der Waals surface area contributed by atoms with Gasteiger partial charge in [0.2, 0.25) is 5.88 Å². The second-order valence-electron chi connectivity index (χ2n) is 6.36. The van der Waals surface area contributed by atoms with Crippen LogP contribution in [0.4, 0.5) is 26.3 Å². The molecule has 0 unspecified atom stereocenters. The van der Waals surface area contributed by atoms with Gasteiger partial charge in [0.05, 0.1) is 23.3 Å². The van der Waals surface area contributed by atoms with Crippen molar-refractivity contribution in [3.63, 3.8) is 0 Å². The lowest BCUT2D eigenvalue weighted by Crippen LogP contribution is -2.27. The summed E-state index contributed by atoms with van der Waals surface area (Å²) in [6, 6.07) is 6.91. The van der Waals surface area contributed by atoms with E-state index in [1.165, 1.54) is 18.2 Å². The number of fused-ring (bicyclic) bond motifs is 2. The normalized spacial score (nSPS) is 14.4. The van der Waals surface area contributed by atoms with Crippen LogP contribution in [0.25, 0.3) is 10.9 Å². The van der Waals surface area contributed by atoms with Gasteiger partial charge in [-0.3, -0.25) is 0 Å². The van der Waals surface area contributed by atoms with Crippen molar-refractivity contribution in [2.75, 3.05) is 0 Å². The van der Waals surface area contributed by atoms with Crippen LogP contribution in [0.1, 0.15) is 16.7 Å². The van der Waals surface area contributed by atoms with Crippen LogP contribution in [-0.4, -0.2) is 17.1 Å². The Morgan fingerprint density at radius 1 is 0.966 bits per heavy atom. The number of pyridine rings is 1. The van der Waals surface area contributed by atoms with Gasteiger partial charge >= 0.3 is 19.5 Å². The fraction of sp³-hybridized carbons (Fsp3) is 0.167. The Morgan fingerprint density at radius 2 is 1.72 bits per heavy atom. The Kier molecular flexibility index (Phi) is 4.47. The topological polar surface area (TPSA) is 51.6 Å². The van der Waals surface area contributed by atoms with E-state index in [0.29, 0.717) is 29.2 Å². The molecule has 0 fully saturated rings. The highest BCUT2D eigenvalue weighted by Gasteiger charge is 2.36. The maximum Gasteiger partial charge on any atom is 0.491 e. The van der Waals surface area contributed by atoms with Crippen molar-refractivity contribution >= 4 is 23.5 Å². The van der Waals surface area contributed by atoms with Crippen LogP contribution >= 0.6 is 0 Å². The Hall–Kier alpha value is -2.79. The molecule has 0 saturated heterocycles. The fourth-order valence-corrected chi connectivity index (χ4v) is 3.06. The summed E-state index contributed by atoms with van der Waals surface area (Å²) in [7, 11) is -1.09. The number of hydrogen-bond donors (Lipinski definition) is 1. The van der Waals surface area contributed by atoms with Crippen LogP contribution in [0.3, 0.4) is 0 Å². The van der Waals surface area contributed by atoms with Crippen molar-refractivity contribution in [1.82, 2.24) is 4.98 Å². The van der Waals surface area contributed by atoms with E-state index in [2.05, 4.69) is 4.98 Å². The van der Waals surface area contributed by atoms with Crippen molar-refractivity contribution in [2.45, 2.75) is 19.0 Å². The molecule has 0 radical (unpaired) electrons. The lowest BCUT2D eigenvalue weighted by molar-refractivity contribution is -0.139. The Labute approximate surface area is 159 Å². The average molecular weight is 413 g/mol. The average Bonchev–Trinajstić information content (AvgIpc) is 2.99. The molecule has 0 spiro atoms. The second-order valence-corrected chi connectivity index (χ2v) is 6.36.